The molecule has 34 heavy (non-hydrogen) atoms. The zero-order chi connectivity index (χ0) is 24.1. The van der Waals surface area contributed by atoms with Crippen molar-refractivity contribution in [1.82, 2.24) is 9.78 Å². The highest BCUT2D eigenvalue weighted by Crippen LogP contribution is 2.16. The van der Waals surface area contributed by atoms with Gasteiger partial charge in [-0.2, -0.15) is 5.10 Å². The summed E-state index contributed by atoms with van der Waals surface area (Å²) in [5, 5.41) is 10.1. The zero-order valence-corrected chi connectivity index (χ0v) is 18.8. The number of esters is 1. The van der Waals surface area contributed by atoms with Gasteiger partial charge in [-0.15, -0.1) is 0 Å². The van der Waals surface area contributed by atoms with E-state index >= 15 is 0 Å². The molecule has 0 aliphatic heterocycles. The van der Waals surface area contributed by atoms with Crippen LogP contribution >= 0.6 is 0 Å². The quantitative estimate of drug-likeness (QED) is 0.303. The topological polar surface area (TPSA) is 131 Å². The predicted molar refractivity (Wildman–Crippen MR) is 125 cm³/mol. The number of carbonyl (C=O) groups is 1. The molecule has 0 saturated heterocycles. The molecule has 0 amide bonds. The number of primary sulfonamides is 1. The Balaban J connectivity index is 1.47. The first-order chi connectivity index (χ1) is 16.3. The number of carbonyl (C=O) groups excluding carboxylic acids is 1. The van der Waals surface area contributed by atoms with Crippen LogP contribution in [0.5, 0.6) is 5.75 Å². The Labute approximate surface area is 195 Å². The van der Waals surface area contributed by atoms with Gasteiger partial charge in [0.15, 0.2) is 5.69 Å². The zero-order valence-electron chi connectivity index (χ0n) is 18.0. The number of nitrogens with two attached hydrogens (primary N) is 1. The third-order valence-corrected chi connectivity index (χ3v) is 5.90. The molecule has 0 unspecified atom stereocenters. The van der Waals surface area contributed by atoms with Gasteiger partial charge in [0.25, 0.3) is 5.56 Å². The molecule has 10 heteroatoms. The second-order valence-corrected chi connectivity index (χ2v) is 8.90. The molecule has 174 valence electrons. The van der Waals surface area contributed by atoms with Gasteiger partial charge >= 0.3 is 5.97 Å². The second kappa shape index (κ2) is 9.86. The average molecular weight is 480 g/mol. The van der Waals surface area contributed by atoms with Gasteiger partial charge in [0.05, 0.1) is 16.8 Å². The highest BCUT2D eigenvalue weighted by atomic mass is 32.2. The summed E-state index contributed by atoms with van der Waals surface area (Å²) in [5.74, 6) is -0.297. The fourth-order valence-corrected chi connectivity index (χ4v) is 3.85. The minimum Gasteiger partial charge on any atom is -0.490 e. The molecule has 9 nitrogen and oxygen atoms in total. The van der Waals surface area contributed by atoms with E-state index in [1.807, 2.05) is 30.3 Å². The van der Waals surface area contributed by atoms with E-state index in [1.165, 1.54) is 28.9 Å². The lowest BCUT2D eigenvalue weighted by Gasteiger charge is -2.11. The SMILES string of the molecule is NS(=O)(=O)c1ccc(OCCOC(=O)c2nn(Cc3ccccc3)c(=O)c3ccccc23)cc1. The molecule has 1 heterocycles. The standard InChI is InChI=1S/C24H21N3O6S/c25-34(30,31)19-12-10-18(11-13-19)32-14-15-33-24(29)22-20-8-4-5-9-21(20)23(28)27(26-22)16-17-6-2-1-3-7-17/h1-13H,14-16H2,(H2,25,30,31). The maximum absolute atomic E-state index is 12.9. The molecular weight excluding hydrogens is 458 g/mol. The molecule has 0 radical (unpaired) electrons. The number of benzene rings is 3. The van der Waals surface area contributed by atoms with Crippen LogP contribution in [0.15, 0.2) is 88.6 Å². The molecule has 0 aliphatic carbocycles. The maximum atomic E-state index is 12.9. The van der Waals surface area contributed by atoms with Crippen molar-refractivity contribution in [2.75, 3.05) is 13.2 Å². The van der Waals surface area contributed by atoms with Crippen LogP contribution in [0.2, 0.25) is 0 Å². The Kier molecular flexibility index (Phi) is 6.71. The Morgan fingerprint density at radius 2 is 1.53 bits per heavy atom. The van der Waals surface area contributed by atoms with Gasteiger partial charge in [0.2, 0.25) is 10.0 Å². The van der Waals surface area contributed by atoms with Gasteiger partial charge in [0, 0.05) is 5.39 Å². The van der Waals surface area contributed by atoms with E-state index in [1.54, 1.807) is 24.3 Å². The van der Waals surface area contributed by atoms with Gasteiger partial charge in [0.1, 0.15) is 19.0 Å². The van der Waals surface area contributed by atoms with Crippen molar-refractivity contribution in [1.29, 1.82) is 0 Å². The van der Waals surface area contributed by atoms with Crippen LogP contribution in [0.25, 0.3) is 10.8 Å². The summed E-state index contributed by atoms with van der Waals surface area (Å²) in [6.45, 7) is 0.161. The highest BCUT2D eigenvalue weighted by Gasteiger charge is 2.18. The number of nitrogens with zero attached hydrogens (tertiary/aromatic N) is 2. The first-order valence-corrected chi connectivity index (χ1v) is 11.8. The molecule has 0 aliphatic rings. The predicted octanol–water partition coefficient (Wildman–Crippen LogP) is 2.33. The minimum absolute atomic E-state index is 0.0298. The number of aromatic nitrogens is 2. The molecule has 0 bridgehead atoms. The highest BCUT2D eigenvalue weighted by molar-refractivity contribution is 7.89. The Morgan fingerprint density at radius 3 is 2.21 bits per heavy atom. The number of hydrogen-bond acceptors (Lipinski definition) is 7. The van der Waals surface area contributed by atoms with E-state index in [4.69, 9.17) is 14.6 Å². The molecule has 4 rings (SSSR count). The normalized spacial score (nSPS) is 11.3. The van der Waals surface area contributed by atoms with E-state index in [-0.39, 0.29) is 35.9 Å². The summed E-state index contributed by atoms with van der Waals surface area (Å²) in [4.78, 5) is 25.7. The van der Waals surface area contributed by atoms with Crippen LogP contribution in [0.3, 0.4) is 0 Å². The van der Waals surface area contributed by atoms with Crippen LogP contribution in [-0.4, -0.2) is 37.4 Å². The van der Waals surface area contributed by atoms with Gasteiger partial charge < -0.3 is 9.47 Å². The van der Waals surface area contributed by atoms with Crippen LogP contribution in [0, 0.1) is 0 Å². The first-order valence-electron chi connectivity index (χ1n) is 10.3. The van der Waals surface area contributed by atoms with Gasteiger partial charge in [-0.05, 0) is 35.9 Å². The van der Waals surface area contributed by atoms with Crippen molar-refractivity contribution in [3.8, 4) is 5.75 Å². The van der Waals surface area contributed by atoms with E-state index in [0.29, 0.717) is 16.5 Å². The first kappa shape index (κ1) is 23.1. The number of fused-ring (bicyclic) bond motifs is 1. The lowest BCUT2D eigenvalue weighted by Crippen LogP contribution is -2.27. The number of sulfonamides is 1. The number of hydrogen-bond donors (Lipinski definition) is 1. The van der Waals surface area contributed by atoms with Gasteiger partial charge in [-0.1, -0.05) is 48.5 Å². The fraction of sp³-hybridized carbons (Fsp3) is 0.125. The fourth-order valence-electron chi connectivity index (χ4n) is 3.34. The summed E-state index contributed by atoms with van der Waals surface area (Å²) in [5.41, 5.74) is 0.597. The molecule has 0 atom stereocenters. The van der Waals surface area contributed by atoms with E-state index < -0.39 is 16.0 Å². The lowest BCUT2D eigenvalue weighted by molar-refractivity contribution is 0.0443. The molecular formula is C24H21N3O6S. The van der Waals surface area contributed by atoms with E-state index in [2.05, 4.69) is 5.10 Å². The van der Waals surface area contributed by atoms with Crippen molar-refractivity contribution in [3.63, 3.8) is 0 Å². The third-order valence-electron chi connectivity index (χ3n) is 4.97. The summed E-state index contributed by atoms with van der Waals surface area (Å²) < 4.78 is 34.7. The molecule has 0 fully saturated rings. The Morgan fingerprint density at radius 1 is 0.882 bits per heavy atom. The number of rotatable bonds is 8. The van der Waals surface area contributed by atoms with Crippen LogP contribution in [0.1, 0.15) is 16.1 Å². The molecule has 3 aromatic carbocycles. The molecule has 0 saturated carbocycles. The molecule has 0 spiro atoms. The Bertz CT molecular complexity index is 1480. The van der Waals surface area contributed by atoms with Gasteiger partial charge in [-0.3, -0.25) is 4.79 Å². The Hall–Kier alpha value is -4.02. The molecule has 2 N–H and O–H groups in total. The summed E-state index contributed by atoms with van der Waals surface area (Å²) in [7, 11) is -3.79. The van der Waals surface area contributed by atoms with Crippen molar-refractivity contribution < 1.29 is 22.7 Å². The molecule has 1 aromatic heterocycles. The number of ether oxygens (including phenoxy) is 2. The summed E-state index contributed by atoms with van der Waals surface area (Å²) in [6, 6.07) is 21.6. The van der Waals surface area contributed by atoms with Crippen LogP contribution < -0.4 is 15.4 Å². The monoisotopic (exact) mass is 479 g/mol. The minimum atomic E-state index is -3.79. The maximum Gasteiger partial charge on any atom is 0.359 e. The van der Waals surface area contributed by atoms with Crippen molar-refractivity contribution >= 4 is 26.8 Å². The summed E-state index contributed by atoms with van der Waals surface area (Å²) in [6.07, 6.45) is 0. The van der Waals surface area contributed by atoms with Crippen molar-refractivity contribution in [2.24, 2.45) is 5.14 Å². The second-order valence-electron chi connectivity index (χ2n) is 7.34. The van der Waals surface area contributed by atoms with Crippen molar-refractivity contribution in [2.45, 2.75) is 11.4 Å². The van der Waals surface area contributed by atoms with Crippen LogP contribution in [0.4, 0.5) is 0 Å². The largest absolute Gasteiger partial charge is 0.490 e. The summed E-state index contributed by atoms with van der Waals surface area (Å²) >= 11 is 0. The smallest absolute Gasteiger partial charge is 0.359 e. The average Bonchev–Trinajstić information content (AvgIpc) is 2.84. The molecule has 4 aromatic rings. The van der Waals surface area contributed by atoms with E-state index in [9.17, 15) is 18.0 Å². The van der Waals surface area contributed by atoms with Crippen LogP contribution in [-0.2, 0) is 21.3 Å². The van der Waals surface area contributed by atoms with Crippen molar-refractivity contribution in [3.05, 3.63) is 100 Å². The third kappa shape index (κ3) is 5.30. The van der Waals surface area contributed by atoms with E-state index in [0.717, 1.165) is 5.56 Å². The lowest BCUT2D eigenvalue weighted by atomic mass is 10.1. The van der Waals surface area contributed by atoms with Gasteiger partial charge in [-0.25, -0.2) is 23.0 Å².